The van der Waals surface area contributed by atoms with Crippen molar-refractivity contribution < 1.29 is 9.18 Å². The molecule has 1 fully saturated rings. The molecule has 1 unspecified atom stereocenters. The van der Waals surface area contributed by atoms with Gasteiger partial charge in [0.05, 0.1) is 5.41 Å². The molecule has 2 aliphatic rings. The van der Waals surface area contributed by atoms with Crippen LogP contribution in [-0.4, -0.2) is 42.2 Å². The van der Waals surface area contributed by atoms with Crippen molar-refractivity contribution in [1.29, 1.82) is 5.26 Å². The van der Waals surface area contributed by atoms with Gasteiger partial charge < -0.3 is 10.6 Å². The number of rotatable bonds is 6. The number of hydrogen-bond donors (Lipinski definition) is 2. The SMILES string of the molecule is N#Cc1ccc(-c2ccc3c(c2)C2(CCNCC2)C[N+]3(C/C=C/c2ccc(Cl)cc2)C(=O)NCc2ccnc(F)c2)cn1. The number of nitriles is 1. The molecule has 2 aromatic carbocycles. The number of amides is 2. The molecule has 1 atom stereocenters. The van der Waals surface area contributed by atoms with Gasteiger partial charge in [0, 0.05) is 41.2 Å². The number of fused-ring (bicyclic) bond motifs is 2. The Morgan fingerprint density at radius 3 is 2.58 bits per heavy atom. The number of carbonyl (C=O) groups is 1. The number of nitrogens with one attached hydrogen (secondary N) is 2. The molecule has 2 aromatic heterocycles. The van der Waals surface area contributed by atoms with E-state index < -0.39 is 5.95 Å². The van der Waals surface area contributed by atoms with Gasteiger partial charge in [-0.25, -0.2) is 19.2 Å². The number of halogens is 2. The molecule has 43 heavy (non-hydrogen) atoms. The zero-order valence-corrected chi connectivity index (χ0v) is 24.3. The number of nitrogens with zero attached hydrogens (tertiary/aromatic N) is 4. The molecule has 2 aliphatic heterocycles. The van der Waals surface area contributed by atoms with E-state index in [0.717, 1.165) is 48.3 Å². The third-order valence-corrected chi connectivity index (χ3v) is 8.85. The number of carbonyl (C=O) groups excluding carboxylic acids is 1. The monoisotopic (exact) mass is 593 g/mol. The minimum absolute atomic E-state index is 0.0961. The van der Waals surface area contributed by atoms with Crippen LogP contribution in [0.5, 0.6) is 0 Å². The van der Waals surface area contributed by atoms with Gasteiger partial charge in [0.2, 0.25) is 5.95 Å². The molecule has 2 N–H and O–H groups in total. The highest BCUT2D eigenvalue weighted by Gasteiger charge is 2.57. The molecular weight excluding hydrogens is 563 g/mol. The Kier molecular flexibility index (Phi) is 8.04. The van der Waals surface area contributed by atoms with E-state index in [9.17, 15) is 14.4 Å². The second-order valence-corrected chi connectivity index (χ2v) is 11.7. The summed E-state index contributed by atoms with van der Waals surface area (Å²) in [5.41, 5.74) is 5.86. The highest BCUT2D eigenvalue weighted by molar-refractivity contribution is 6.30. The third-order valence-electron chi connectivity index (χ3n) is 8.59. The smallest absolute Gasteiger partial charge is 0.317 e. The van der Waals surface area contributed by atoms with E-state index in [1.807, 2.05) is 42.5 Å². The van der Waals surface area contributed by atoms with Gasteiger partial charge in [-0.2, -0.15) is 9.65 Å². The molecule has 4 aromatic rings. The highest BCUT2D eigenvalue weighted by Crippen LogP contribution is 2.51. The van der Waals surface area contributed by atoms with Crippen molar-refractivity contribution in [2.45, 2.75) is 24.8 Å². The summed E-state index contributed by atoms with van der Waals surface area (Å²) in [6.07, 6.45) is 9.01. The van der Waals surface area contributed by atoms with E-state index >= 15 is 0 Å². The highest BCUT2D eigenvalue weighted by atomic mass is 35.5. The van der Waals surface area contributed by atoms with Crippen molar-refractivity contribution in [3.8, 4) is 17.2 Å². The maximum atomic E-state index is 14.4. The Hall–Kier alpha value is -4.42. The first kappa shape index (κ1) is 28.7. The Morgan fingerprint density at radius 2 is 1.86 bits per heavy atom. The fraction of sp³-hybridized carbons (Fsp3) is 0.235. The van der Waals surface area contributed by atoms with Crippen molar-refractivity contribution in [3.05, 3.63) is 119 Å². The predicted octanol–water partition coefficient (Wildman–Crippen LogP) is 6.37. The molecule has 9 heteroatoms. The average Bonchev–Trinajstić information content (AvgIpc) is 3.30. The first-order chi connectivity index (χ1) is 20.9. The summed E-state index contributed by atoms with van der Waals surface area (Å²) in [6.45, 7) is 2.97. The molecule has 0 saturated carbocycles. The molecule has 0 radical (unpaired) electrons. The Labute approximate surface area is 255 Å². The summed E-state index contributed by atoms with van der Waals surface area (Å²) in [4.78, 5) is 22.3. The number of quaternary nitrogens is 1. The zero-order chi connectivity index (χ0) is 29.9. The van der Waals surface area contributed by atoms with Crippen LogP contribution in [0.4, 0.5) is 14.9 Å². The summed E-state index contributed by atoms with van der Waals surface area (Å²) in [7, 11) is 0. The van der Waals surface area contributed by atoms with Crippen LogP contribution < -0.4 is 15.1 Å². The number of benzene rings is 2. The molecule has 1 saturated heterocycles. The molecule has 6 rings (SSSR count). The number of aromatic nitrogens is 2. The summed E-state index contributed by atoms with van der Waals surface area (Å²) in [5.74, 6) is -0.577. The van der Waals surface area contributed by atoms with E-state index in [4.69, 9.17) is 11.6 Å². The first-order valence-corrected chi connectivity index (χ1v) is 14.7. The second kappa shape index (κ2) is 12.1. The van der Waals surface area contributed by atoms with Crippen molar-refractivity contribution in [3.63, 3.8) is 0 Å². The predicted molar refractivity (Wildman–Crippen MR) is 167 cm³/mol. The molecule has 2 amide bonds. The summed E-state index contributed by atoms with van der Waals surface area (Å²) in [5, 5.41) is 16.5. The molecule has 1 spiro atoms. The van der Waals surface area contributed by atoms with E-state index in [0.29, 0.717) is 29.4 Å². The number of urea groups is 1. The Morgan fingerprint density at radius 1 is 1.07 bits per heavy atom. The Balaban J connectivity index is 1.41. The van der Waals surface area contributed by atoms with Gasteiger partial charge in [-0.05, 0) is 97.2 Å². The van der Waals surface area contributed by atoms with Crippen LogP contribution in [0.1, 0.15) is 35.2 Å². The lowest BCUT2D eigenvalue weighted by Crippen LogP contribution is -2.60. The fourth-order valence-corrected chi connectivity index (χ4v) is 6.54. The number of piperidine rings is 1. The average molecular weight is 594 g/mol. The van der Waals surface area contributed by atoms with Gasteiger partial charge in [-0.1, -0.05) is 29.8 Å². The molecule has 216 valence electrons. The van der Waals surface area contributed by atoms with Crippen LogP contribution in [0.15, 0.2) is 85.2 Å². The van der Waals surface area contributed by atoms with Crippen LogP contribution in [0.2, 0.25) is 5.02 Å². The number of hydrogen-bond acceptors (Lipinski definition) is 5. The molecular formula is C34H31ClFN6O+. The molecule has 4 heterocycles. The van der Waals surface area contributed by atoms with Crippen LogP contribution >= 0.6 is 11.6 Å². The van der Waals surface area contributed by atoms with E-state index in [-0.39, 0.29) is 22.5 Å². The summed E-state index contributed by atoms with van der Waals surface area (Å²) in [6, 6.07) is 22.5. The maximum absolute atomic E-state index is 14.4. The minimum Gasteiger partial charge on any atom is -0.317 e. The normalized spacial score (nSPS) is 18.8. The van der Waals surface area contributed by atoms with Crippen molar-refractivity contribution in [2.75, 3.05) is 26.2 Å². The lowest BCUT2D eigenvalue weighted by molar-refractivity contribution is 0.189. The van der Waals surface area contributed by atoms with Crippen molar-refractivity contribution >= 4 is 29.4 Å². The van der Waals surface area contributed by atoms with Gasteiger partial charge in [0.15, 0.2) is 0 Å². The van der Waals surface area contributed by atoms with Gasteiger partial charge in [0.1, 0.15) is 30.5 Å². The van der Waals surface area contributed by atoms with Crippen LogP contribution in [-0.2, 0) is 12.0 Å². The lowest BCUT2D eigenvalue weighted by atomic mass is 9.74. The first-order valence-electron chi connectivity index (χ1n) is 14.3. The zero-order valence-electron chi connectivity index (χ0n) is 23.6. The van der Waals surface area contributed by atoms with E-state index in [1.54, 1.807) is 18.3 Å². The summed E-state index contributed by atoms with van der Waals surface area (Å²) >= 11 is 6.09. The molecule has 0 bridgehead atoms. The summed E-state index contributed by atoms with van der Waals surface area (Å²) < 4.78 is 13.9. The third kappa shape index (κ3) is 5.80. The van der Waals surface area contributed by atoms with Crippen LogP contribution in [0.3, 0.4) is 0 Å². The minimum atomic E-state index is -0.577. The van der Waals surface area contributed by atoms with Gasteiger partial charge in [-0.3, -0.25) is 0 Å². The largest absolute Gasteiger partial charge is 0.422 e. The topological polar surface area (TPSA) is 90.7 Å². The van der Waals surface area contributed by atoms with Crippen molar-refractivity contribution in [2.24, 2.45) is 0 Å². The quantitative estimate of drug-likeness (QED) is 0.200. The second-order valence-electron chi connectivity index (χ2n) is 11.2. The standard InChI is InChI=1S/C34H30ClFN6O/c35-28-7-3-24(4-8-28)2-1-17-42(33(43)41-21-25-11-14-39-32(36)18-25)23-34(12-15-38-16-13-34)30-19-26(6-10-31(30)42)27-5-9-29(20-37)40-22-27/h1-11,14,18-19,22,38H,12-13,15-17,21,23H2/p+1/b2-1+. The van der Waals surface area contributed by atoms with Crippen LogP contribution in [0.25, 0.3) is 17.2 Å². The van der Waals surface area contributed by atoms with Crippen molar-refractivity contribution in [1.82, 2.24) is 25.1 Å². The van der Waals surface area contributed by atoms with Gasteiger partial charge >= 0.3 is 6.03 Å². The van der Waals surface area contributed by atoms with E-state index in [1.165, 1.54) is 17.8 Å². The van der Waals surface area contributed by atoms with Crippen LogP contribution in [0, 0.1) is 17.3 Å². The van der Waals surface area contributed by atoms with Gasteiger partial charge in [-0.15, -0.1) is 0 Å². The Bertz CT molecular complexity index is 1710. The van der Waals surface area contributed by atoms with E-state index in [2.05, 4.69) is 44.9 Å². The van der Waals surface area contributed by atoms with Gasteiger partial charge in [0.25, 0.3) is 0 Å². The fourth-order valence-electron chi connectivity index (χ4n) is 6.42. The lowest BCUT2D eigenvalue weighted by Gasteiger charge is -2.36. The molecule has 7 nitrogen and oxygen atoms in total. The molecule has 0 aliphatic carbocycles. The maximum Gasteiger partial charge on any atom is 0.422 e. The number of pyridine rings is 2.